The van der Waals surface area contributed by atoms with Crippen LogP contribution in [0.4, 0.5) is 5.69 Å². The van der Waals surface area contributed by atoms with Crippen LogP contribution in [0.25, 0.3) is 0 Å². The average Bonchev–Trinajstić information content (AvgIpc) is 2.83. The molecule has 0 aromatic heterocycles. The van der Waals surface area contributed by atoms with Gasteiger partial charge in [0.2, 0.25) is 0 Å². The van der Waals surface area contributed by atoms with E-state index in [1.54, 1.807) is 36.1 Å². The number of nitrogens with zero attached hydrogens (tertiary/aromatic N) is 1. The third-order valence-electron chi connectivity index (χ3n) is 4.68. The second kappa shape index (κ2) is 12.1. The van der Waals surface area contributed by atoms with Crippen molar-refractivity contribution in [2.75, 3.05) is 51.4 Å². The highest BCUT2D eigenvalue weighted by Crippen LogP contribution is 2.29. The van der Waals surface area contributed by atoms with E-state index in [2.05, 4.69) is 5.32 Å². The number of para-hydroxylation sites is 1. The maximum absolute atomic E-state index is 12.4. The third kappa shape index (κ3) is 7.10. The standard InChI is InChI=1S/C23H25ClN2O7/c1-2-31-20-13-16(7-8-19(20)32-15-22(28)26-9-11-30-12-10-26)23(29)33-14-21(27)25-18-6-4-3-5-17(18)24/h3-8,13H,2,9-12,14-15H2,1H3,(H,25,27). The molecule has 1 aliphatic heterocycles. The highest BCUT2D eigenvalue weighted by atomic mass is 35.5. The minimum atomic E-state index is -0.707. The Kier molecular flexibility index (Phi) is 8.91. The summed E-state index contributed by atoms with van der Waals surface area (Å²) >= 11 is 6.00. The van der Waals surface area contributed by atoms with E-state index in [4.69, 9.17) is 30.5 Å². The normalized spacial score (nSPS) is 13.2. The molecule has 33 heavy (non-hydrogen) atoms. The summed E-state index contributed by atoms with van der Waals surface area (Å²) in [6, 6.07) is 11.2. The fourth-order valence-electron chi connectivity index (χ4n) is 3.03. The molecule has 0 radical (unpaired) electrons. The molecule has 0 spiro atoms. The Morgan fingerprint density at radius 3 is 2.52 bits per heavy atom. The third-order valence-corrected chi connectivity index (χ3v) is 5.01. The molecule has 3 rings (SSSR count). The van der Waals surface area contributed by atoms with Crippen LogP contribution in [-0.4, -0.2) is 68.8 Å². The Bertz CT molecular complexity index is 993. The van der Waals surface area contributed by atoms with Crippen LogP contribution in [-0.2, 0) is 19.1 Å². The molecule has 9 nitrogen and oxygen atoms in total. The zero-order chi connectivity index (χ0) is 23.6. The van der Waals surface area contributed by atoms with Crippen molar-refractivity contribution in [3.63, 3.8) is 0 Å². The van der Waals surface area contributed by atoms with Crippen molar-refractivity contribution < 1.29 is 33.3 Å². The van der Waals surface area contributed by atoms with Gasteiger partial charge in [-0.15, -0.1) is 0 Å². The second-order valence-electron chi connectivity index (χ2n) is 6.98. The van der Waals surface area contributed by atoms with Crippen molar-refractivity contribution in [3.8, 4) is 11.5 Å². The lowest BCUT2D eigenvalue weighted by atomic mass is 10.2. The Labute approximate surface area is 196 Å². The van der Waals surface area contributed by atoms with Crippen molar-refractivity contribution in [2.24, 2.45) is 0 Å². The summed E-state index contributed by atoms with van der Waals surface area (Å²) in [7, 11) is 0. The van der Waals surface area contributed by atoms with Gasteiger partial charge in [0, 0.05) is 13.1 Å². The van der Waals surface area contributed by atoms with E-state index in [1.165, 1.54) is 18.2 Å². The first kappa shape index (κ1) is 24.3. The van der Waals surface area contributed by atoms with E-state index in [0.717, 1.165) is 0 Å². The molecule has 0 aliphatic carbocycles. The van der Waals surface area contributed by atoms with Crippen LogP contribution >= 0.6 is 11.6 Å². The summed E-state index contributed by atoms with van der Waals surface area (Å²) in [5, 5.41) is 2.95. The van der Waals surface area contributed by atoms with Gasteiger partial charge in [0.15, 0.2) is 24.7 Å². The van der Waals surface area contributed by atoms with Gasteiger partial charge in [0.05, 0.1) is 36.1 Å². The van der Waals surface area contributed by atoms with E-state index < -0.39 is 18.5 Å². The number of nitrogens with one attached hydrogen (secondary N) is 1. The first-order valence-corrected chi connectivity index (χ1v) is 10.8. The summed E-state index contributed by atoms with van der Waals surface area (Å²) in [5.41, 5.74) is 0.600. The second-order valence-corrected chi connectivity index (χ2v) is 7.39. The van der Waals surface area contributed by atoms with Gasteiger partial charge in [-0.25, -0.2) is 4.79 Å². The predicted octanol–water partition coefficient (Wildman–Crippen LogP) is 2.77. The monoisotopic (exact) mass is 476 g/mol. The van der Waals surface area contributed by atoms with Gasteiger partial charge in [-0.05, 0) is 37.3 Å². The van der Waals surface area contributed by atoms with Crippen molar-refractivity contribution >= 4 is 35.1 Å². The topological polar surface area (TPSA) is 103 Å². The molecule has 0 bridgehead atoms. The van der Waals surface area contributed by atoms with E-state index in [1.807, 2.05) is 0 Å². The Morgan fingerprint density at radius 1 is 1.03 bits per heavy atom. The molecule has 1 heterocycles. The maximum atomic E-state index is 12.4. The number of hydrogen-bond acceptors (Lipinski definition) is 7. The van der Waals surface area contributed by atoms with E-state index in [9.17, 15) is 14.4 Å². The van der Waals surface area contributed by atoms with Gasteiger partial charge in [-0.3, -0.25) is 9.59 Å². The van der Waals surface area contributed by atoms with Gasteiger partial charge in [-0.1, -0.05) is 23.7 Å². The van der Waals surface area contributed by atoms with Crippen LogP contribution < -0.4 is 14.8 Å². The van der Waals surface area contributed by atoms with Crippen LogP contribution in [0.1, 0.15) is 17.3 Å². The fraction of sp³-hybridized carbons (Fsp3) is 0.348. The number of ether oxygens (including phenoxy) is 4. The first-order chi connectivity index (χ1) is 16.0. The summed E-state index contributed by atoms with van der Waals surface area (Å²) in [6.07, 6.45) is 0. The zero-order valence-corrected chi connectivity index (χ0v) is 18.9. The molecule has 2 amide bonds. The molecule has 0 saturated carbocycles. The van der Waals surface area contributed by atoms with E-state index >= 15 is 0 Å². The minimum absolute atomic E-state index is 0.159. The summed E-state index contributed by atoms with van der Waals surface area (Å²) in [5.74, 6) is -0.772. The molecule has 2 aromatic rings. The van der Waals surface area contributed by atoms with Crippen molar-refractivity contribution in [1.82, 2.24) is 4.90 Å². The lowest BCUT2D eigenvalue weighted by Crippen LogP contribution is -2.43. The molecule has 10 heteroatoms. The lowest BCUT2D eigenvalue weighted by Gasteiger charge is -2.26. The van der Waals surface area contributed by atoms with Crippen LogP contribution in [0.5, 0.6) is 11.5 Å². The van der Waals surface area contributed by atoms with Crippen molar-refractivity contribution in [1.29, 1.82) is 0 Å². The number of benzene rings is 2. The van der Waals surface area contributed by atoms with Crippen LogP contribution in [0, 0.1) is 0 Å². The van der Waals surface area contributed by atoms with Crippen LogP contribution in [0.15, 0.2) is 42.5 Å². The number of morpholine rings is 1. The van der Waals surface area contributed by atoms with Crippen molar-refractivity contribution in [2.45, 2.75) is 6.92 Å². The first-order valence-electron chi connectivity index (χ1n) is 10.4. The van der Waals surface area contributed by atoms with Crippen LogP contribution in [0.2, 0.25) is 5.02 Å². The number of rotatable bonds is 9. The Hall–Kier alpha value is -3.30. The average molecular weight is 477 g/mol. The number of carbonyl (C=O) groups is 3. The lowest BCUT2D eigenvalue weighted by molar-refractivity contribution is -0.137. The zero-order valence-electron chi connectivity index (χ0n) is 18.2. The highest BCUT2D eigenvalue weighted by molar-refractivity contribution is 6.33. The predicted molar refractivity (Wildman–Crippen MR) is 121 cm³/mol. The van der Waals surface area contributed by atoms with Gasteiger partial charge >= 0.3 is 5.97 Å². The highest BCUT2D eigenvalue weighted by Gasteiger charge is 2.19. The molecule has 1 saturated heterocycles. The van der Waals surface area contributed by atoms with Gasteiger partial charge < -0.3 is 29.2 Å². The van der Waals surface area contributed by atoms with E-state index in [0.29, 0.717) is 55.1 Å². The molecule has 0 atom stereocenters. The van der Waals surface area contributed by atoms with Gasteiger partial charge in [0.1, 0.15) is 0 Å². The van der Waals surface area contributed by atoms with Crippen molar-refractivity contribution in [3.05, 3.63) is 53.1 Å². The molecule has 1 N–H and O–H groups in total. The van der Waals surface area contributed by atoms with E-state index in [-0.39, 0.29) is 18.1 Å². The Balaban J connectivity index is 1.56. The number of anilines is 1. The largest absolute Gasteiger partial charge is 0.490 e. The SMILES string of the molecule is CCOc1cc(C(=O)OCC(=O)Nc2ccccc2Cl)ccc1OCC(=O)N1CCOCC1. The molecule has 0 unspecified atom stereocenters. The number of carbonyl (C=O) groups excluding carboxylic acids is 3. The maximum Gasteiger partial charge on any atom is 0.338 e. The number of halogens is 1. The molecule has 1 fully saturated rings. The fourth-order valence-corrected chi connectivity index (χ4v) is 3.21. The molecular weight excluding hydrogens is 452 g/mol. The summed E-state index contributed by atoms with van der Waals surface area (Å²) in [6.45, 7) is 3.52. The smallest absolute Gasteiger partial charge is 0.338 e. The minimum Gasteiger partial charge on any atom is -0.490 e. The van der Waals surface area contributed by atoms with Crippen LogP contribution in [0.3, 0.4) is 0 Å². The molecule has 176 valence electrons. The summed E-state index contributed by atoms with van der Waals surface area (Å²) < 4.78 is 21.5. The van der Waals surface area contributed by atoms with Gasteiger partial charge in [0.25, 0.3) is 11.8 Å². The molecule has 2 aromatic carbocycles. The molecular formula is C23H25ClN2O7. The number of esters is 1. The quantitative estimate of drug-likeness (QED) is 0.555. The van der Waals surface area contributed by atoms with Gasteiger partial charge in [-0.2, -0.15) is 0 Å². The summed E-state index contributed by atoms with van der Waals surface area (Å²) in [4.78, 5) is 38.5. The Morgan fingerprint density at radius 2 is 1.79 bits per heavy atom. The number of hydrogen-bond donors (Lipinski definition) is 1. The molecule has 1 aliphatic rings. The number of amides is 2.